The number of benzene rings is 2. The topological polar surface area (TPSA) is 64.6 Å². The van der Waals surface area contributed by atoms with Crippen LogP contribution in [0.15, 0.2) is 54.6 Å². The molecule has 5 nitrogen and oxygen atoms in total. The zero-order valence-corrected chi connectivity index (χ0v) is 18.3. The molecule has 5 heteroatoms. The van der Waals surface area contributed by atoms with Crippen LogP contribution in [0.25, 0.3) is 11.6 Å². The van der Waals surface area contributed by atoms with Gasteiger partial charge >= 0.3 is 5.97 Å². The first-order valence-corrected chi connectivity index (χ1v) is 11.0. The average Bonchev–Trinajstić information content (AvgIpc) is 2.82. The molecule has 2 aromatic carbocycles. The van der Waals surface area contributed by atoms with Crippen LogP contribution in [0.5, 0.6) is 5.75 Å². The molecule has 2 aromatic rings. The highest BCUT2D eigenvalue weighted by atomic mass is 16.5. The Bertz CT molecular complexity index is 889. The summed E-state index contributed by atoms with van der Waals surface area (Å²) in [6.45, 7) is 3.02. The summed E-state index contributed by atoms with van der Waals surface area (Å²) >= 11 is 0. The highest BCUT2D eigenvalue weighted by molar-refractivity contribution is 6.24. The second kappa shape index (κ2) is 11.3. The molecule has 0 aromatic heterocycles. The molecule has 1 aliphatic rings. The molecule has 1 N–H and O–H groups in total. The van der Waals surface area contributed by atoms with Crippen LogP contribution in [-0.4, -0.2) is 32.1 Å². The summed E-state index contributed by atoms with van der Waals surface area (Å²) in [5.41, 5.74) is 2.36. The van der Waals surface area contributed by atoms with Gasteiger partial charge in [0.05, 0.1) is 19.6 Å². The lowest BCUT2D eigenvalue weighted by atomic mass is 9.79. The maximum Gasteiger partial charge on any atom is 0.309 e. The number of ether oxygens (including phenoxy) is 2. The molecular formula is C26H31NO4. The van der Waals surface area contributed by atoms with E-state index in [1.165, 1.54) is 7.11 Å². The number of carbonyl (C=O) groups is 2. The van der Waals surface area contributed by atoms with Crippen molar-refractivity contribution in [3.05, 3.63) is 65.7 Å². The van der Waals surface area contributed by atoms with Crippen molar-refractivity contribution in [3.63, 3.8) is 0 Å². The molecule has 1 aliphatic carbocycles. The van der Waals surface area contributed by atoms with Crippen molar-refractivity contribution in [1.82, 2.24) is 5.32 Å². The van der Waals surface area contributed by atoms with E-state index in [0.717, 1.165) is 42.6 Å². The molecule has 1 amide bonds. The van der Waals surface area contributed by atoms with Gasteiger partial charge < -0.3 is 14.8 Å². The smallest absolute Gasteiger partial charge is 0.309 e. The summed E-state index contributed by atoms with van der Waals surface area (Å²) in [6, 6.07) is 17.3. The third-order valence-corrected chi connectivity index (χ3v) is 5.77. The van der Waals surface area contributed by atoms with E-state index in [2.05, 4.69) is 5.32 Å². The molecule has 0 spiro atoms. The van der Waals surface area contributed by atoms with Gasteiger partial charge in [0.1, 0.15) is 5.75 Å². The average molecular weight is 422 g/mol. The first-order chi connectivity index (χ1) is 15.1. The molecular weight excluding hydrogens is 390 g/mol. The van der Waals surface area contributed by atoms with Crippen molar-refractivity contribution in [1.29, 1.82) is 0 Å². The van der Waals surface area contributed by atoms with Gasteiger partial charge in [0, 0.05) is 12.1 Å². The lowest BCUT2D eigenvalue weighted by molar-refractivity contribution is -0.148. The van der Waals surface area contributed by atoms with Gasteiger partial charge in [-0.1, -0.05) is 55.3 Å². The molecule has 0 aliphatic heterocycles. The third kappa shape index (κ3) is 6.20. The molecule has 0 radical (unpaired) electrons. The molecule has 2 unspecified atom stereocenters. The molecule has 2 atom stereocenters. The Hall–Kier alpha value is -3.08. The predicted octanol–water partition coefficient (Wildman–Crippen LogP) is 4.72. The Labute approximate surface area is 184 Å². The number of methoxy groups -OCH3 is 1. The minimum Gasteiger partial charge on any atom is -0.494 e. The first kappa shape index (κ1) is 22.6. The van der Waals surface area contributed by atoms with Gasteiger partial charge in [-0.2, -0.15) is 0 Å². The second-order valence-electron chi connectivity index (χ2n) is 7.81. The monoisotopic (exact) mass is 421 g/mol. The van der Waals surface area contributed by atoms with Crippen molar-refractivity contribution >= 4 is 23.5 Å². The summed E-state index contributed by atoms with van der Waals surface area (Å²) < 4.78 is 10.5. The molecule has 164 valence electrons. The van der Waals surface area contributed by atoms with Crippen molar-refractivity contribution in [2.75, 3.05) is 20.3 Å². The van der Waals surface area contributed by atoms with Crippen molar-refractivity contribution < 1.29 is 19.1 Å². The Balaban J connectivity index is 1.77. The lowest BCUT2D eigenvalue weighted by Gasteiger charge is -2.29. The number of nitrogens with one attached hydrogen (secondary N) is 1. The Morgan fingerprint density at radius 1 is 1.03 bits per heavy atom. The number of hydrogen-bond donors (Lipinski definition) is 1. The van der Waals surface area contributed by atoms with Gasteiger partial charge in [-0.05, 0) is 55.0 Å². The molecule has 1 fully saturated rings. The number of amides is 1. The standard InChI is InChI=1S/C26H31NO4/c1-3-31-22-15-13-19(14-16-22)17-24(20-9-5-4-6-10-20)25(28)27-18-21-11-7-8-12-23(21)26(29)30-2/h4-6,9-10,13-17,21,23H,3,7-8,11-12,18H2,1-2H3,(H,27,28)/b24-17+. The Morgan fingerprint density at radius 2 is 1.74 bits per heavy atom. The van der Waals surface area contributed by atoms with E-state index in [0.29, 0.717) is 18.7 Å². The minimum atomic E-state index is -0.174. The van der Waals surface area contributed by atoms with Crippen molar-refractivity contribution in [2.45, 2.75) is 32.6 Å². The van der Waals surface area contributed by atoms with Gasteiger partial charge in [-0.3, -0.25) is 9.59 Å². The lowest BCUT2D eigenvalue weighted by Crippen LogP contribution is -2.37. The molecule has 0 bridgehead atoms. The SMILES string of the molecule is CCOc1ccc(/C=C(/C(=O)NCC2CCCCC2C(=O)OC)c2ccccc2)cc1. The zero-order valence-electron chi connectivity index (χ0n) is 18.3. The molecule has 31 heavy (non-hydrogen) atoms. The normalized spacial score (nSPS) is 18.8. The largest absolute Gasteiger partial charge is 0.494 e. The van der Waals surface area contributed by atoms with Crippen molar-refractivity contribution in [3.8, 4) is 5.75 Å². The van der Waals surface area contributed by atoms with E-state index in [1.54, 1.807) is 0 Å². The molecule has 0 heterocycles. The number of esters is 1. The van der Waals surface area contributed by atoms with E-state index >= 15 is 0 Å². The van der Waals surface area contributed by atoms with Crippen LogP contribution in [0.2, 0.25) is 0 Å². The van der Waals surface area contributed by atoms with E-state index in [-0.39, 0.29) is 23.7 Å². The predicted molar refractivity (Wildman–Crippen MR) is 122 cm³/mol. The highest BCUT2D eigenvalue weighted by Crippen LogP contribution is 2.31. The number of carbonyl (C=O) groups excluding carboxylic acids is 2. The van der Waals surface area contributed by atoms with Crippen LogP contribution in [-0.2, 0) is 14.3 Å². The summed E-state index contributed by atoms with van der Waals surface area (Å²) in [6.07, 6.45) is 5.72. The zero-order chi connectivity index (χ0) is 22.1. The fourth-order valence-corrected chi connectivity index (χ4v) is 4.12. The Kier molecular flexibility index (Phi) is 8.27. The van der Waals surface area contributed by atoms with E-state index in [4.69, 9.17) is 9.47 Å². The summed E-state index contributed by atoms with van der Waals surface area (Å²) in [5, 5.41) is 3.07. The van der Waals surface area contributed by atoms with Crippen molar-refractivity contribution in [2.24, 2.45) is 11.8 Å². The maximum atomic E-state index is 13.2. The Morgan fingerprint density at radius 3 is 2.42 bits per heavy atom. The third-order valence-electron chi connectivity index (χ3n) is 5.77. The van der Waals surface area contributed by atoms with Crippen LogP contribution in [0.3, 0.4) is 0 Å². The van der Waals surface area contributed by atoms with E-state index in [1.807, 2.05) is 67.6 Å². The number of rotatable bonds is 8. The second-order valence-corrected chi connectivity index (χ2v) is 7.81. The highest BCUT2D eigenvalue weighted by Gasteiger charge is 2.32. The maximum absolute atomic E-state index is 13.2. The van der Waals surface area contributed by atoms with Gasteiger partial charge in [0.15, 0.2) is 0 Å². The van der Waals surface area contributed by atoms with Crippen LogP contribution < -0.4 is 10.1 Å². The van der Waals surface area contributed by atoms with Gasteiger partial charge in [-0.15, -0.1) is 0 Å². The van der Waals surface area contributed by atoms with E-state index < -0.39 is 0 Å². The summed E-state index contributed by atoms with van der Waals surface area (Å²) in [4.78, 5) is 25.3. The quantitative estimate of drug-likeness (QED) is 0.380. The van der Waals surface area contributed by atoms with Crippen LogP contribution in [0, 0.1) is 11.8 Å². The summed E-state index contributed by atoms with van der Waals surface area (Å²) in [7, 11) is 1.43. The molecule has 3 rings (SSSR count). The van der Waals surface area contributed by atoms with Crippen LogP contribution in [0.4, 0.5) is 0 Å². The van der Waals surface area contributed by atoms with Gasteiger partial charge in [0.25, 0.3) is 5.91 Å². The van der Waals surface area contributed by atoms with Gasteiger partial charge in [-0.25, -0.2) is 0 Å². The molecule has 0 saturated heterocycles. The summed E-state index contributed by atoms with van der Waals surface area (Å²) in [5.74, 6) is 0.444. The molecule has 1 saturated carbocycles. The minimum absolute atomic E-state index is 0.104. The van der Waals surface area contributed by atoms with Crippen LogP contribution >= 0.6 is 0 Å². The fraction of sp³-hybridized carbons (Fsp3) is 0.385. The van der Waals surface area contributed by atoms with Crippen LogP contribution in [0.1, 0.15) is 43.7 Å². The van der Waals surface area contributed by atoms with Gasteiger partial charge in [0.2, 0.25) is 0 Å². The first-order valence-electron chi connectivity index (χ1n) is 11.0. The number of hydrogen-bond acceptors (Lipinski definition) is 4. The fourth-order valence-electron chi connectivity index (χ4n) is 4.12. The van der Waals surface area contributed by atoms with E-state index in [9.17, 15) is 9.59 Å².